The number of aromatic nitrogens is 1. The molecule has 0 fully saturated rings. The molecule has 0 saturated heterocycles. The number of rotatable bonds is 6. The van der Waals surface area contributed by atoms with Gasteiger partial charge in [0.2, 0.25) is 0 Å². The van der Waals surface area contributed by atoms with Crippen molar-refractivity contribution in [3.8, 4) is 0 Å². The summed E-state index contributed by atoms with van der Waals surface area (Å²) < 4.78 is 4.01. The van der Waals surface area contributed by atoms with Crippen molar-refractivity contribution in [2.24, 2.45) is 5.92 Å². The molecule has 4 N–H and O–H groups in total. The van der Waals surface area contributed by atoms with E-state index in [-0.39, 0.29) is 28.1 Å². The molecule has 8 heteroatoms. The minimum atomic E-state index is -0.347. The Morgan fingerprint density at radius 1 is 1.32 bits per heavy atom. The van der Waals surface area contributed by atoms with E-state index in [1.807, 2.05) is 31.4 Å². The quantitative estimate of drug-likeness (QED) is 0.751. The summed E-state index contributed by atoms with van der Waals surface area (Å²) in [6.45, 7) is 4.96. The summed E-state index contributed by atoms with van der Waals surface area (Å²) in [4.78, 5) is 25.4. The lowest BCUT2D eigenvalue weighted by Crippen LogP contribution is -2.28. The number of nitrogens with zero attached hydrogens (tertiary/aromatic N) is 1. The van der Waals surface area contributed by atoms with Crippen LogP contribution < -0.4 is 16.4 Å². The maximum absolute atomic E-state index is 12.1. The molecule has 0 unspecified atom stereocenters. The number of carbonyl (C=O) groups is 2. The summed E-state index contributed by atoms with van der Waals surface area (Å²) in [5.41, 5.74) is 6.14. The Morgan fingerprint density at radius 2 is 2.09 bits per heavy atom. The zero-order chi connectivity index (χ0) is 16.1. The normalized spacial score (nSPS) is 10.7. The maximum atomic E-state index is 12.1. The van der Waals surface area contributed by atoms with Crippen molar-refractivity contribution in [3.05, 3.63) is 33.0 Å². The van der Waals surface area contributed by atoms with Crippen LogP contribution >= 0.6 is 22.9 Å². The molecule has 0 aromatic carbocycles. The van der Waals surface area contributed by atoms with Crippen molar-refractivity contribution >= 4 is 40.4 Å². The molecule has 0 aliphatic heterocycles. The van der Waals surface area contributed by atoms with E-state index in [0.29, 0.717) is 19.0 Å². The fourth-order valence-corrected chi connectivity index (χ4v) is 3.02. The lowest BCUT2D eigenvalue weighted by atomic mass is 10.2. The van der Waals surface area contributed by atoms with Crippen LogP contribution in [0.2, 0.25) is 0 Å². The van der Waals surface area contributed by atoms with E-state index in [1.54, 1.807) is 11.3 Å². The summed E-state index contributed by atoms with van der Waals surface area (Å²) in [5, 5.41) is 7.46. The van der Waals surface area contributed by atoms with Gasteiger partial charge in [-0.05, 0) is 28.9 Å². The Hall–Kier alpha value is -1.93. The van der Waals surface area contributed by atoms with Crippen molar-refractivity contribution in [2.45, 2.75) is 20.4 Å². The number of nitrogens with one attached hydrogen (secondary N) is 2. The van der Waals surface area contributed by atoms with Crippen LogP contribution in [-0.4, -0.2) is 22.7 Å². The SMILES string of the molecule is CC(C)CNC(=O)c1nsc(C(=O)NCc2cccs2)c1N. The predicted molar refractivity (Wildman–Crippen MR) is 89.2 cm³/mol. The van der Waals surface area contributed by atoms with Crippen molar-refractivity contribution in [1.82, 2.24) is 15.0 Å². The number of amides is 2. The summed E-state index contributed by atoms with van der Waals surface area (Å²) in [6.07, 6.45) is 0. The Kier molecular flexibility index (Phi) is 5.51. The van der Waals surface area contributed by atoms with Crippen LogP contribution in [-0.2, 0) is 6.54 Å². The van der Waals surface area contributed by atoms with Gasteiger partial charge in [-0.1, -0.05) is 19.9 Å². The van der Waals surface area contributed by atoms with Gasteiger partial charge in [0.05, 0.1) is 12.2 Å². The lowest BCUT2D eigenvalue weighted by molar-refractivity contribution is 0.0945. The highest BCUT2D eigenvalue weighted by Gasteiger charge is 2.21. The Bertz CT molecular complexity index is 650. The van der Waals surface area contributed by atoms with Crippen molar-refractivity contribution in [2.75, 3.05) is 12.3 Å². The van der Waals surface area contributed by atoms with Gasteiger partial charge in [0.1, 0.15) is 4.88 Å². The summed E-state index contributed by atoms with van der Waals surface area (Å²) >= 11 is 2.50. The van der Waals surface area contributed by atoms with E-state index in [9.17, 15) is 9.59 Å². The number of anilines is 1. The molecule has 2 heterocycles. The van der Waals surface area contributed by atoms with Crippen LogP contribution in [0, 0.1) is 5.92 Å². The van der Waals surface area contributed by atoms with Crippen LogP contribution in [0.3, 0.4) is 0 Å². The smallest absolute Gasteiger partial charge is 0.273 e. The van der Waals surface area contributed by atoms with Crippen LogP contribution in [0.4, 0.5) is 5.69 Å². The monoisotopic (exact) mass is 338 g/mol. The number of nitrogen functional groups attached to an aromatic ring is 1. The molecule has 0 saturated carbocycles. The minimum absolute atomic E-state index is 0.118. The zero-order valence-corrected chi connectivity index (χ0v) is 14.0. The van der Waals surface area contributed by atoms with E-state index in [1.165, 1.54) is 0 Å². The molecule has 0 bridgehead atoms. The van der Waals surface area contributed by atoms with E-state index >= 15 is 0 Å². The molecule has 0 radical (unpaired) electrons. The molecular formula is C14H18N4O2S2. The highest BCUT2D eigenvalue weighted by atomic mass is 32.1. The number of carbonyl (C=O) groups excluding carboxylic acids is 2. The first-order valence-corrected chi connectivity index (χ1v) is 8.48. The molecule has 0 aliphatic rings. The predicted octanol–water partition coefficient (Wildman–Crippen LogP) is 2.10. The van der Waals surface area contributed by atoms with Crippen molar-refractivity contribution in [3.63, 3.8) is 0 Å². The summed E-state index contributed by atoms with van der Waals surface area (Å²) in [5.74, 6) is -0.330. The zero-order valence-electron chi connectivity index (χ0n) is 12.4. The third-order valence-electron chi connectivity index (χ3n) is 2.82. The van der Waals surface area contributed by atoms with E-state index in [2.05, 4.69) is 15.0 Å². The van der Waals surface area contributed by atoms with Crippen molar-refractivity contribution < 1.29 is 9.59 Å². The van der Waals surface area contributed by atoms with Gasteiger partial charge < -0.3 is 16.4 Å². The lowest BCUT2D eigenvalue weighted by Gasteiger charge is -2.06. The standard InChI is InChI=1S/C14H18N4O2S2/c1-8(2)6-16-13(19)11-10(15)12(22-18-11)14(20)17-7-9-4-3-5-21-9/h3-5,8H,6-7,15H2,1-2H3,(H,16,19)(H,17,20). The van der Waals surface area contributed by atoms with Crippen LogP contribution in [0.1, 0.15) is 38.9 Å². The fraction of sp³-hybridized carbons (Fsp3) is 0.357. The molecule has 0 aliphatic carbocycles. The molecule has 0 atom stereocenters. The van der Waals surface area contributed by atoms with Gasteiger partial charge in [-0.2, -0.15) is 4.37 Å². The molecule has 2 aromatic rings. The van der Waals surface area contributed by atoms with Crippen molar-refractivity contribution in [1.29, 1.82) is 0 Å². The third-order valence-corrected chi connectivity index (χ3v) is 4.56. The second-order valence-corrected chi connectivity index (χ2v) is 6.95. The average molecular weight is 338 g/mol. The van der Waals surface area contributed by atoms with E-state index in [0.717, 1.165) is 16.4 Å². The molecule has 6 nitrogen and oxygen atoms in total. The molecule has 2 amide bonds. The molecular weight excluding hydrogens is 320 g/mol. The topological polar surface area (TPSA) is 97.1 Å². The van der Waals surface area contributed by atoms with Gasteiger partial charge in [-0.25, -0.2) is 0 Å². The maximum Gasteiger partial charge on any atom is 0.273 e. The highest BCUT2D eigenvalue weighted by molar-refractivity contribution is 7.10. The van der Waals surface area contributed by atoms with Gasteiger partial charge in [-0.15, -0.1) is 11.3 Å². The second-order valence-electron chi connectivity index (χ2n) is 5.14. The van der Waals surface area contributed by atoms with Gasteiger partial charge in [0.15, 0.2) is 5.69 Å². The molecule has 2 aromatic heterocycles. The number of thiophene rings is 1. The molecule has 118 valence electrons. The molecule has 0 spiro atoms. The largest absolute Gasteiger partial charge is 0.395 e. The number of hydrogen-bond acceptors (Lipinski definition) is 6. The van der Waals surface area contributed by atoms with Crippen LogP contribution in [0.5, 0.6) is 0 Å². The second kappa shape index (κ2) is 7.37. The average Bonchev–Trinajstić information content (AvgIpc) is 3.11. The third kappa shape index (κ3) is 4.05. The van der Waals surface area contributed by atoms with Gasteiger partial charge in [-0.3, -0.25) is 9.59 Å². The van der Waals surface area contributed by atoms with Gasteiger partial charge in [0.25, 0.3) is 11.8 Å². The first-order chi connectivity index (χ1) is 10.5. The minimum Gasteiger partial charge on any atom is -0.395 e. The number of hydrogen-bond donors (Lipinski definition) is 3. The Labute approximate surface area is 136 Å². The van der Waals surface area contributed by atoms with E-state index in [4.69, 9.17) is 5.73 Å². The van der Waals surface area contributed by atoms with E-state index < -0.39 is 0 Å². The molecule has 22 heavy (non-hydrogen) atoms. The highest BCUT2D eigenvalue weighted by Crippen LogP contribution is 2.22. The van der Waals surface area contributed by atoms with Crippen LogP contribution in [0.15, 0.2) is 17.5 Å². The Balaban J connectivity index is 2.00. The Morgan fingerprint density at radius 3 is 2.73 bits per heavy atom. The van der Waals surface area contributed by atoms with Gasteiger partial charge >= 0.3 is 0 Å². The first kappa shape index (κ1) is 16.4. The van der Waals surface area contributed by atoms with Gasteiger partial charge in [0, 0.05) is 11.4 Å². The fourth-order valence-electron chi connectivity index (χ4n) is 1.67. The number of nitrogens with two attached hydrogens (primary N) is 1. The molecule has 2 rings (SSSR count). The first-order valence-electron chi connectivity index (χ1n) is 6.83. The summed E-state index contributed by atoms with van der Waals surface area (Å²) in [6, 6.07) is 3.86. The summed E-state index contributed by atoms with van der Waals surface area (Å²) in [7, 11) is 0. The van der Waals surface area contributed by atoms with Crippen LogP contribution in [0.25, 0.3) is 0 Å².